The van der Waals surface area contributed by atoms with Crippen LogP contribution in [0.4, 0.5) is 0 Å². The second-order valence-corrected chi connectivity index (χ2v) is 7.36. The number of rotatable bonds is 4. The highest BCUT2D eigenvalue weighted by Crippen LogP contribution is 2.27. The summed E-state index contributed by atoms with van der Waals surface area (Å²) in [6.07, 6.45) is 5.01. The lowest BCUT2D eigenvalue weighted by atomic mass is 9.98. The molecule has 6 nitrogen and oxygen atoms in total. The molecule has 0 radical (unpaired) electrons. The first-order chi connectivity index (χ1) is 10.1. The van der Waals surface area contributed by atoms with E-state index in [4.69, 9.17) is 0 Å². The highest BCUT2D eigenvalue weighted by Gasteiger charge is 2.31. The molecular formula is C14H20N4O2S. The number of nitrogens with zero attached hydrogens (tertiary/aromatic N) is 2. The van der Waals surface area contributed by atoms with Crippen LogP contribution in [0.2, 0.25) is 0 Å². The van der Waals surface area contributed by atoms with Crippen molar-refractivity contribution in [1.29, 1.82) is 0 Å². The van der Waals surface area contributed by atoms with Gasteiger partial charge in [0.1, 0.15) is 10.5 Å². The minimum absolute atomic E-state index is 0.331. The van der Waals surface area contributed by atoms with Gasteiger partial charge in [-0.15, -0.1) is 0 Å². The predicted octanol–water partition coefficient (Wildman–Crippen LogP) is 1.18. The molecule has 0 saturated carbocycles. The first-order valence-corrected chi connectivity index (χ1v) is 8.64. The molecule has 3 rings (SSSR count). The number of nitrogens with one attached hydrogen (secondary N) is 2. The molecule has 2 aromatic rings. The number of fused-ring (bicyclic) bond motifs is 1. The second kappa shape index (κ2) is 5.75. The summed E-state index contributed by atoms with van der Waals surface area (Å²) >= 11 is 0. The fourth-order valence-electron chi connectivity index (χ4n) is 2.93. The number of H-pyrrole nitrogens is 1. The molecule has 7 heteroatoms. The van der Waals surface area contributed by atoms with Crippen molar-refractivity contribution in [3.63, 3.8) is 0 Å². The first-order valence-electron chi connectivity index (χ1n) is 7.20. The maximum Gasteiger partial charge on any atom is 0.245 e. The molecule has 114 valence electrons. The van der Waals surface area contributed by atoms with Crippen LogP contribution >= 0.6 is 0 Å². The van der Waals surface area contributed by atoms with E-state index in [0.717, 1.165) is 19.4 Å². The third kappa shape index (κ3) is 2.68. The maximum atomic E-state index is 12.8. The van der Waals surface area contributed by atoms with E-state index in [-0.39, 0.29) is 0 Å². The molecule has 0 amide bonds. The topological polar surface area (TPSA) is 78.1 Å². The Bertz CT molecular complexity index is 717. The molecule has 0 spiro atoms. The van der Waals surface area contributed by atoms with Crippen LogP contribution in [0.1, 0.15) is 12.8 Å². The molecule has 3 heterocycles. The van der Waals surface area contributed by atoms with E-state index >= 15 is 0 Å². The van der Waals surface area contributed by atoms with Gasteiger partial charge in [-0.05, 0) is 44.5 Å². The molecule has 1 fully saturated rings. The van der Waals surface area contributed by atoms with Crippen molar-refractivity contribution in [2.45, 2.75) is 17.7 Å². The molecule has 21 heavy (non-hydrogen) atoms. The molecule has 0 unspecified atom stereocenters. The zero-order chi connectivity index (χ0) is 14.9. The van der Waals surface area contributed by atoms with Crippen LogP contribution in [-0.4, -0.2) is 49.4 Å². The monoisotopic (exact) mass is 308 g/mol. The Morgan fingerprint density at radius 2 is 2.19 bits per heavy atom. The Hall–Kier alpha value is -1.44. The zero-order valence-corrected chi connectivity index (χ0v) is 12.9. The van der Waals surface area contributed by atoms with Crippen LogP contribution in [0.15, 0.2) is 29.4 Å². The molecule has 0 atom stereocenters. The van der Waals surface area contributed by atoms with E-state index in [9.17, 15) is 8.42 Å². The maximum absolute atomic E-state index is 12.8. The Labute approximate surface area is 124 Å². The predicted molar refractivity (Wildman–Crippen MR) is 81.5 cm³/mol. The number of pyridine rings is 1. The highest BCUT2D eigenvalue weighted by atomic mass is 32.2. The van der Waals surface area contributed by atoms with E-state index in [1.807, 2.05) is 7.05 Å². The van der Waals surface area contributed by atoms with E-state index < -0.39 is 10.0 Å². The van der Waals surface area contributed by atoms with Crippen LogP contribution in [0.3, 0.4) is 0 Å². The summed E-state index contributed by atoms with van der Waals surface area (Å²) in [7, 11) is -1.51. The van der Waals surface area contributed by atoms with Gasteiger partial charge in [0.05, 0.1) is 0 Å². The molecule has 0 bridgehead atoms. The van der Waals surface area contributed by atoms with Crippen LogP contribution in [0, 0.1) is 5.92 Å². The summed E-state index contributed by atoms with van der Waals surface area (Å²) < 4.78 is 27.2. The van der Waals surface area contributed by atoms with Gasteiger partial charge in [-0.1, -0.05) is 0 Å². The number of aromatic nitrogens is 2. The fourth-order valence-corrected chi connectivity index (χ4v) is 4.55. The van der Waals surface area contributed by atoms with Crippen LogP contribution < -0.4 is 5.32 Å². The third-order valence-electron chi connectivity index (χ3n) is 4.10. The van der Waals surface area contributed by atoms with E-state index in [2.05, 4.69) is 15.3 Å². The third-order valence-corrected chi connectivity index (χ3v) is 6.04. The van der Waals surface area contributed by atoms with Gasteiger partial charge in [0.25, 0.3) is 0 Å². The van der Waals surface area contributed by atoms with Crippen molar-refractivity contribution in [2.24, 2.45) is 5.92 Å². The Balaban J connectivity index is 1.85. The Kier molecular flexibility index (Phi) is 3.97. The molecule has 2 N–H and O–H groups in total. The SMILES string of the molecule is CNCC1CCN(S(=O)(=O)c2c[nH]c3ncccc23)CC1. The fraction of sp³-hybridized carbons (Fsp3) is 0.500. The van der Waals surface area contributed by atoms with Crippen molar-refractivity contribution < 1.29 is 8.42 Å². The van der Waals surface area contributed by atoms with Crippen molar-refractivity contribution >= 4 is 21.1 Å². The lowest BCUT2D eigenvalue weighted by molar-refractivity contribution is 0.271. The first kappa shape index (κ1) is 14.5. The quantitative estimate of drug-likeness (QED) is 0.889. The second-order valence-electron chi connectivity index (χ2n) is 5.46. The van der Waals surface area contributed by atoms with Crippen molar-refractivity contribution in [2.75, 3.05) is 26.7 Å². The van der Waals surface area contributed by atoms with Crippen LogP contribution in [0.5, 0.6) is 0 Å². The summed E-state index contributed by atoms with van der Waals surface area (Å²) in [6.45, 7) is 2.12. The van der Waals surface area contributed by atoms with Gasteiger partial charge in [-0.2, -0.15) is 4.31 Å². The summed E-state index contributed by atoms with van der Waals surface area (Å²) in [5, 5.41) is 3.82. The van der Waals surface area contributed by atoms with Crippen LogP contribution in [0.25, 0.3) is 11.0 Å². The van der Waals surface area contributed by atoms with Crippen molar-refractivity contribution in [3.05, 3.63) is 24.5 Å². The number of sulfonamides is 1. The lowest BCUT2D eigenvalue weighted by Crippen LogP contribution is -2.40. The normalized spacial score (nSPS) is 18.3. The van der Waals surface area contributed by atoms with Crippen LogP contribution in [-0.2, 0) is 10.0 Å². The van der Waals surface area contributed by atoms with Gasteiger partial charge in [0.2, 0.25) is 10.0 Å². The summed E-state index contributed by atoms with van der Waals surface area (Å²) in [4.78, 5) is 7.42. The van der Waals surface area contributed by atoms with Gasteiger partial charge >= 0.3 is 0 Å². The Morgan fingerprint density at radius 1 is 1.43 bits per heavy atom. The van der Waals surface area contributed by atoms with Crippen molar-refractivity contribution in [1.82, 2.24) is 19.6 Å². The molecule has 0 aromatic carbocycles. The number of hydrogen-bond donors (Lipinski definition) is 2. The van der Waals surface area contributed by atoms with Gasteiger partial charge in [0.15, 0.2) is 0 Å². The number of piperidine rings is 1. The van der Waals surface area contributed by atoms with Gasteiger partial charge in [-0.3, -0.25) is 0 Å². The van der Waals surface area contributed by atoms with E-state index in [1.54, 1.807) is 28.8 Å². The molecule has 0 aliphatic carbocycles. The number of aromatic amines is 1. The van der Waals surface area contributed by atoms with E-state index in [1.165, 1.54) is 0 Å². The highest BCUT2D eigenvalue weighted by molar-refractivity contribution is 7.89. The molecule has 1 saturated heterocycles. The van der Waals surface area contributed by atoms with Gasteiger partial charge < -0.3 is 10.3 Å². The van der Waals surface area contributed by atoms with Crippen molar-refractivity contribution in [3.8, 4) is 0 Å². The lowest BCUT2D eigenvalue weighted by Gasteiger charge is -2.30. The molecule has 1 aliphatic heterocycles. The van der Waals surface area contributed by atoms with E-state index in [0.29, 0.717) is 34.9 Å². The summed E-state index contributed by atoms with van der Waals surface area (Å²) in [5.41, 5.74) is 0.612. The minimum Gasteiger partial charge on any atom is -0.345 e. The Morgan fingerprint density at radius 3 is 2.90 bits per heavy atom. The zero-order valence-electron chi connectivity index (χ0n) is 12.0. The smallest absolute Gasteiger partial charge is 0.245 e. The average Bonchev–Trinajstić information content (AvgIpc) is 2.93. The largest absolute Gasteiger partial charge is 0.345 e. The average molecular weight is 308 g/mol. The summed E-state index contributed by atoms with van der Waals surface area (Å²) in [5.74, 6) is 0.561. The van der Waals surface area contributed by atoms with Gasteiger partial charge in [-0.25, -0.2) is 13.4 Å². The molecule has 1 aliphatic rings. The number of hydrogen-bond acceptors (Lipinski definition) is 4. The minimum atomic E-state index is -3.44. The standard InChI is InChI=1S/C14H20N4O2S/c1-15-9-11-4-7-18(8-5-11)21(19,20)13-10-17-14-12(13)3-2-6-16-14/h2-3,6,10-11,15H,4-5,7-9H2,1H3,(H,16,17). The van der Waals surface area contributed by atoms with Gasteiger partial charge in [0, 0.05) is 30.9 Å². The molecule has 2 aromatic heterocycles. The molecular weight excluding hydrogens is 288 g/mol. The summed E-state index contributed by atoms with van der Waals surface area (Å²) in [6, 6.07) is 3.55.